The maximum Gasteiger partial charge on any atom is 0.327 e. The van der Waals surface area contributed by atoms with Gasteiger partial charge in [0.1, 0.15) is 13.1 Å². The van der Waals surface area contributed by atoms with E-state index in [1.165, 1.54) is 9.80 Å². The molecule has 0 N–H and O–H groups in total. The normalized spacial score (nSPS) is 17.2. The van der Waals surface area contributed by atoms with Gasteiger partial charge in [-0.1, -0.05) is 40.5 Å². The highest BCUT2D eigenvalue weighted by Crippen LogP contribution is 2.30. The lowest BCUT2D eigenvalue weighted by Crippen LogP contribution is -2.39. The van der Waals surface area contributed by atoms with Gasteiger partial charge in [-0.3, -0.25) is 19.4 Å². The summed E-state index contributed by atoms with van der Waals surface area (Å²) in [6.07, 6.45) is 7.96. The number of carbonyl (C=O) groups excluding carboxylic acids is 4. The first-order valence-electron chi connectivity index (χ1n) is 14.2. The molecule has 0 radical (unpaired) electrons. The summed E-state index contributed by atoms with van der Waals surface area (Å²) in [5.41, 5.74) is 0.0690. The Hall–Kier alpha value is -2.16. The molecule has 2 fully saturated rings. The van der Waals surface area contributed by atoms with Crippen LogP contribution in [0.1, 0.15) is 92.9 Å². The zero-order valence-corrected chi connectivity index (χ0v) is 24.1. The number of rotatable bonds is 18. The average molecular weight is 523 g/mol. The first-order valence-corrected chi connectivity index (χ1v) is 14.2. The largest absolute Gasteiger partial charge is 0.381 e. The summed E-state index contributed by atoms with van der Waals surface area (Å²) in [7, 11) is 0. The van der Waals surface area contributed by atoms with Crippen molar-refractivity contribution < 1.29 is 23.9 Å². The molecule has 2 heterocycles. The third-order valence-corrected chi connectivity index (χ3v) is 7.63. The van der Waals surface area contributed by atoms with Crippen molar-refractivity contribution in [3.8, 4) is 0 Å². The SMILES string of the molecule is CCN1CC(=O)N(CCCC(C)(C)CCCCOCCCCC(C)(C)CN2C(=O)CN(CC)C2=O)C1=O. The van der Waals surface area contributed by atoms with Gasteiger partial charge in [-0.15, -0.1) is 0 Å². The summed E-state index contributed by atoms with van der Waals surface area (Å²) in [6, 6.07) is -0.307. The van der Waals surface area contributed by atoms with Crippen LogP contribution in [0.25, 0.3) is 0 Å². The lowest BCUT2D eigenvalue weighted by molar-refractivity contribution is -0.126. The molecule has 2 aliphatic rings. The van der Waals surface area contributed by atoms with Gasteiger partial charge < -0.3 is 14.5 Å². The van der Waals surface area contributed by atoms with E-state index in [0.29, 0.717) is 26.2 Å². The monoisotopic (exact) mass is 522 g/mol. The number of urea groups is 2. The predicted octanol–water partition coefficient (Wildman–Crippen LogP) is 4.74. The molecule has 0 spiro atoms. The van der Waals surface area contributed by atoms with Gasteiger partial charge in [0.25, 0.3) is 0 Å². The fourth-order valence-electron chi connectivity index (χ4n) is 5.12. The van der Waals surface area contributed by atoms with Crippen LogP contribution in [0.5, 0.6) is 0 Å². The van der Waals surface area contributed by atoms with Crippen LogP contribution in [0.2, 0.25) is 0 Å². The lowest BCUT2D eigenvalue weighted by Gasteiger charge is -2.29. The van der Waals surface area contributed by atoms with E-state index in [1.54, 1.807) is 9.80 Å². The predicted molar refractivity (Wildman–Crippen MR) is 144 cm³/mol. The van der Waals surface area contributed by atoms with E-state index in [-0.39, 0.29) is 47.8 Å². The molecule has 37 heavy (non-hydrogen) atoms. The third-order valence-electron chi connectivity index (χ3n) is 7.63. The van der Waals surface area contributed by atoms with Crippen LogP contribution in [0.4, 0.5) is 9.59 Å². The Morgan fingerprint density at radius 3 is 1.62 bits per heavy atom. The molecule has 0 aliphatic carbocycles. The van der Waals surface area contributed by atoms with E-state index in [0.717, 1.165) is 64.6 Å². The zero-order chi connectivity index (χ0) is 27.6. The van der Waals surface area contributed by atoms with Crippen LogP contribution in [0.3, 0.4) is 0 Å². The van der Waals surface area contributed by atoms with Crippen LogP contribution in [-0.2, 0) is 14.3 Å². The Kier molecular flexibility index (Phi) is 11.9. The number of unbranched alkanes of at least 4 members (excludes halogenated alkanes) is 2. The van der Waals surface area contributed by atoms with Crippen molar-refractivity contribution in [2.24, 2.45) is 10.8 Å². The highest BCUT2D eigenvalue weighted by Gasteiger charge is 2.38. The standard InChI is InChI=1S/C28H50N4O5/c1-7-29-20-23(33)31(25(29)35)17-13-16-27(3,4)14-9-11-18-37-19-12-10-15-28(5,6)22-32-24(34)21-30(8-2)26(32)36/h7-22H2,1-6H3. The number of hydrogen-bond donors (Lipinski definition) is 0. The Morgan fingerprint density at radius 2 is 1.11 bits per heavy atom. The Labute approximate surface area is 223 Å². The fraction of sp³-hybridized carbons (Fsp3) is 0.857. The maximum absolute atomic E-state index is 12.3. The molecule has 9 heteroatoms. The molecule has 0 aromatic heterocycles. The van der Waals surface area contributed by atoms with Crippen LogP contribution < -0.4 is 0 Å². The smallest absolute Gasteiger partial charge is 0.327 e. The molecule has 0 atom stereocenters. The van der Waals surface area contributed by atoms with E-state index >= 15 is 0 Å². The van der Waals surface area contributed by atoms with Crippen molar-refractivity contribution in [2.45, 2.75) is 92.9 Å². The van der Waals surface area contributed by atoms with Crippen LogP contribution in [0.15, 0.2) is 0 Å². The summed E-state index contributed by atoms with van der Waals surface area (Å²) in [4.78, 5) is 54.7. The van der Waals surface area contributed by atoms with Gasteiger partial charge in [0.05, 0.1) is 0 Å². The number of nitrogens with zero attached hydrogens (tertiary/aromatic N) is 4. The second-order valence-corrected chi connectivity index (χ2v) is 12.1. The Morgan fingerprint density at radius 1 is 0.649 bits per heavy atom. The van der Waals surface area contributed by atoms with Crippen molar-refractivity contribution >= 4 is 23.9 Å². The fourth-order valence-corrected chi connectivity index (χ4v) is 5.12. The lowest BCUT2D eigenvalue weighted by atomic mass is 9.82. The van der Waals surface area contributed by atoms with E-state index in [2.05, 4.69) is 27.7 Å². The summed E-state index contributed by atoms with van der Waals surface area (Å²) in [5, 5.41) is 0. The molecule has 9 nitrogen and oxygen atoms in total. The van der Waals surface area contributed by atoms with Crippen molar-refractivity contribution in [2.75, 3.05) is 52.5 Å². The number of carbonyl (C=O) groups is 4. The highest BCUT2D eigenvalue weighted by molar-refractivity contribution is 6.02. The van der Waals surface area contributed by atoms with Crippen molar-refractivity contribution in [1.82, 2.24) is 19.6 Å². The molecule has 0 unspecified atom stereocenters. The third kappa shape index (κ3) is 9.58. The van der Waals surface area contributed by atoms with Gasteiger partial charge in [0, 0.05) is 39.4 Å². The number of ether oxygens (including phenoxy) is 1. The van der Waals surface area contributed by atoms with E-state index in [9.17, 15) is 19.2 Å². The van der Waals surface area contributed by atoms with E-state index in [4.69, 9.17) is 4.74 Å². The Bertz CT molecular complexity index is 797. The molecule has 212 valence electrons. The van der Waals surface area contributed by atoms with Crippen LogP contribution >= 0.6 is 0 Å². The van der Waals surface area contributed by atoms with Gasteiger partial charge in [-0.05, 0) is 63.2 Å². The number of likely N-dealkylation sites (N-methyl/N-ethyl adjacent to an activating group) is 2. The summed E-state index contributed by atoms with van der Waals surface area (Å²) in [6.45, 7) is 16.6. The average Bonchev–Trinajstić information content (AvgIpc) is 3.26. The van der Waals surface area contributed by atoms with Gasteiger partial charge in [0.15, 0.2) is 0 Å². The molecular formula is C28H50N4O5. The highest BCUT2D eigenvalue weighted by atomic mass is 16.5. The summed E-state index contributed by atoms with van der Waals surface area (Å²) in [5.74, 6) is -0.169. The number of amides is 6. The molecule has 2 aliphatic heterocycles. The van der Waals surface area contributed by atoms with Crippen molar-refractivity contribution in [3.05, 3.63) is 0 Å². The molecule has 2 saturated heterocycles. The first-order chi connectivity index (χ1) is 17.4. The minimum absolute atomic E-state index is 0.0783. The second-order valence-electron chi connectivity index (χ2n) is 12.1. The first kappa shape index (κ1) is 31.1. The number of hydrogen-bond acceptors (Lipinski definition) is 5. The summed E-state index contributed by atoms with van der Waals surface area (Å²) >= 11 is 0. The second kappa shape index (κ2) is 14.1. The number of imide groups is 2. The summed E-state index contributed by atoms with van der Waals surface area (Å²) < 4.78 is 5.84. The van der Waals surface area contributed by atoms with Crippen molar-refractivity contribution in [3.63, 3.8) is 0 Å². The Balaban J connectivity index is 1.51. The quantitative estimate of drug-likeness (QED) is 0.191. The van der Waals surface area contributed by atoms with Crippen LogP contribution in [0, 0.1) is 10.8 Å². The van der Waals surface area contributed by atoms with Gasteiger partial charge >= 0.3 is 12.1 Å². The van der Waals surface area contributed by atoms with Crippen molar-refractivity contribution in [1.29, 1.82) is 0 Å². The molecule has 0 aromatic carbocycles. The molecule has 0 saturated carbocycles. The minimum Gasteiger partial charge on any atom is -0.381 e. The molecule has 0 bridgehead atoms. The molecule has 6 amide bonds. The topological polar surface area (TPSA) is 90.5 Å². The van der Waals surface area contributed by atoms with Gasteiger partial charge in [-0.2, -0.15) is 0 Å². The maximum atomic E-state index is 12.3. The molecular weight excluding hydrogens is 472 g/mol. The van der Waals surface area contributed by atoms with E-state index < -0.39 is 0 Å². The minimum atomic E-state index is -0.160. The molecule has 0 aromatic rings. The van der Waals surface area contributed by atoms with Gasteiger partial charge in [-0.25, -0.2) is 9.59 Å². The van der Waals surface area contributed by atoms with Crippen LogP contribution in [-0.4, -0.2) is 96.0 Å². The van der Waals surface area contributed by atoms with E-state index in [1.807, 2.05) is 13.8 Å². The zero-order valence-electron chi connectivity index (χ0n) is 24.1. The van der Waals surface area contributed by atoms with Gasteiger partial charge in [0.2, 0.25) is 11.8 Å². The molecule has 2 rings (SSSR count).